The normalized spacial score (nSPS) is 21.8. The molecule has 3 rings (SSSR count). The minimum atomic E-state index is -0.104. The van der Waals surface area contributed by atoms with Gasteiger partial charge in [-0.05, 0) is 37.3 Å². The molecule has 2 atom stereocenters. The molecule has 2 aromatic rings. The van der Waals surface area contributed by atoms with E-state index in [1.807, 2.05) is 0 Å². The molecular weight excluding hydrogens is 264 g/mol. The molecule has 2 heterocycles. The minimum absolute atomic E-state index is 0.0872. The lowest BCUT2D eigenvalue weighted by Gasteiger charge is -2.11. The maximum absolute atomic E-state index is 11.9. The van der Waals surface area contributed by atoms with Gasteiger partial charge in [0.2, 0.25) is 5.91 Å². The van der Waals surface area contributed by atoms with Crippen LogP contribution in [0.3, 0.4) is 0 Å². The number of aromatic nitrogens is 1. The monoisotopic (exact) mass is 286 g/mol. The summed E-state index contributed by atoms with van der Waals surface area (Å²) in [6.45, 7) is 3.69. The van der Waals surface area contributed by atoms with Crippen molar-refractivity contribution in [2.75, 3.05) is 6.54 Å². The van der Waals surface area contributed by atoms with Crippen LogP contribution in [-0.2, 0) is 11.3 Å². The van der Waals surface area contributed by atoms with Crippen molar-refractivity contribution >= 4 is 16.8 Å². The van der Waals surface area contributed by atoms with E-state index in [0.29, 0.717) is 12.6 Å². The predicted octanol–water partition coefficient (Wildman–Crippen LogP) is 1.40. The van der Waals surface area contributed by atoms with Crippen LogP contribution in [-0.4, -0.2) is 29.1 Å². The van der Waals surface area contributed by atoms with Gasteiger partial charge in [0.1, 0.15) is 6.04 Å². The average molecular weight is 286 g/mol. The number of nitrogens with one attached hydrogen (secondary N) is 3. The van der Waals surface area contributed by atoms with E-state index in [1.165, 1.54) is 10.9 Å². The molecule has 0 saturated carbocycles. The number of fused-ring (bicyclic) bond motifs is 1. The van der Waals surface area contributed by atoms with Crippen molar-refractivity contribution in [3.63, 3.8) is 0 Å². The molecule has 1 saturated heterocycles. The summed E-state index contributed by atoms with van der Waals surface area (Å²) in [7, 11) is 0. The molecule has 3 N–H and O–H groups in total. The molecule has 112 valence electrons. The Morgan fingerprint density at radius 3 is 3.00 bits per heavy atom. The van der Waals surface area contributed by atoms with Crippen molar-refractivity contribution in [1.29, 1.82) is 0 Å². The number of nitrogens with zero attached hydrogens (tertiary/aromatic N) is 1. The molecule has 0 aliphatic carbocycles. The SMILES string of the molecule is CC1CC(C(=O)NCCCn2ccc3ccccc32)NN1. The highest BCUT2D eigenvalue weighted by Crippen LogP contribution is 2.15. The van der Waals surface area contributed by atoms with Crippen molar-refractivity contribution in [2.24, 2.45) is 0 Å². The van der Waals surface area contributed by atoms with E-state index in [9.17, 15) is 4.79 Å². The van der Waals surface area contributed by atoms with Gasteiger partial charge in [0.05, 0.1) is 0 Å². The number of hydrogen-bond acceptors (Lipinski definition) is 3. The van der Waals surface area contributed by atoms with E-state index in [4.69, 9.17) is 0 Å². The van der Waals surface area contributed by atoms with Crippen LogP contribution in [0.25, 0.3) is 10.9 Å². The lowest BCUT2D eigenvalue weighted by molar-refractivity contribution is -0.122. The van der Waals surface area contributed by atoms with Gasteiger partial charge in [0, 0.05) is 30.8 Å². The predicted molar refractivity (Wildman–Crippen MR) is 83.7 cm³/mol. The van der Waals surface area contributed by atoms with Crippen LogP contribution in [0.4, 0.5) is 0 Å². The Labute approximate surface area is 124 Å². The van der Waals surface area contributed by atoms with Gasteiger partial charge in [-0.15, -0.1) is 0 Å². The molecule has 1 aromatic carbocycles. The van der Waals surface area contributed by atoms with E-state index < -0.39 is 0 Å². The Bertz CT molecular complexity index is 622. The van der Waals surface area contributed by atoms with E-state index in [2.05, 4.69) is 64.2 Å². The largest absolute Gasteiger partial charge is 0.355 e. The van der Waals surface area contributed by atoms with Crippen molar-refractivity contribution in [3.8, 4) is 0 Å². The maximum atomic E-state index is 11.9. The fraction of sp³-hybridized carbons (Fsp3) is 0.438. The van der Waals surface area contributed by atoms with Gasteiger partial charge in [0.15, 0.2) is 0 Å². The Hall–Kier alpha value is -1.85. The van der Waals surface area contributed by atoms with Crippen molar-refractivity contribution < 1.29 is 4.79 Å². The number of carbonyl (C=O) groups excluding carboxylic acids is 1. The number of aryl methyl sites for hydroxylation is 1. The summed E-state index contributed by atoms with van der Waals surface area (Å²) in [5, 5.41) is 4.26. The zero-order valence-corrected chi connectivity index (χ0v) is 12.3. The molecule has 2 unspecified atom stereocenters. The van der Waals surface area contributed by atoms with E-state index >= 15 is 0 Å². The number of hydrogen-bond donors (Lipinski definition) is 3. The number of rotatable bonds is 5. The third-order valence-corrected chi connectivity index (χ3v) is 3.96. The Morgan fingerprint density at radius 1 is 1.33 bits per heavy atom. The molecule has 1 fully saturated rings. The van der Waals surface area contributed by atoms with Crippen LogP contribution >= 0.6 is 0 Å². The number of carbonyl (C=O) groups is 1. The van der Waals surface area contributed by atoms with Crippen molar-refractivity contribution in [1.82, 2.24) is 20.7 Å². The first-order valence-corrected chi connectivity index (χ1v) is 7.56. The second-order valence-corrected chi connectivity index (χ2v) is 5.69. The summed E-state index contributed by atoms with van der Waals surface area (Å²) in [5.41, 5.74) is 7.34. The number of hydrazine groups is 1. The molecular formula is C16H22N4O. The number of benzene rings is 1. The molecule has 21 heavy (non-hydrogen) atoms. The molecule has 5 heteroatoms. The van der Waals surface area contributed by atoms with Gasteiger partial charge in [-0.1, -0.05) is 18.2 Å². The highest BCUT2D eigenvalue weighted by molar-refractivity contribution is 5.82. The second-order valence-electron chi connectivity index (χ2n) is 5.69. The van der Waals surface area contributed by atoms with Gasteiger partial charge in [-0.25, -0.2) is 5.43 Å². The van der Waals surface area contributed by atoms with E-state index in [0.717, 1.165) is 19.4 Å². The molecule has 0 spiro atoms. The number of para-hydroxylation sites is 1. The Balaban J connectivity index is 1.45. The topological polar surface area (TPSA) is 58.1 Å². The van der Waals surface area contributed by atoms with Crippen LogP contribution in [0.5, 0.6) is 0 Å². The first kappa shape index (κ1) is 14.1. The quantitative estimate of drug-likeness (QED) is 0.728. The molecule has 1 aliphatic rings. The van der Waals surface area contributed by atoms with Gasteiger partial charge < -0.3 is 9.88 Å². The van der Waals surface area contributed by atoms with Gasteiger partial charge in [-0.2, -0.15) is 0 Å². The van der Waals surface area contributed by atoms with Crippen molar-refractivity contribution in [2.45, 2.75) is 38.4 Å². The maximum Gasteiger partial charge on any atom is 0.238 e. The molecule has 1 aliphatic heterocycles. The summed E-state index contributed by atoms with van der Waals surface area (Å²) in [5.74, 6) is 0.0872. The van der Waals surface area contributed by atoms with Crippen LogP contribution in [0.1, 0.15) is 19.8 Å². The van der Waals surface area contributed by atoms with Crippen LogP contribution in [0.15, 0.2) is 36.5 Å². The summed E-state index contributed by atoms with van der Waals surface area (Å²) < 4.78 is 2.24. The second kappa shape index (κ2) is 6.28. The van der Waals surface area contributed by atoms with E-state index in [-0.39, 0.29) is 11.9 Å². The fourth-order valence-corrected chi connectivity index (χ4v) is 2.81. The molecule has 1 amide bonds. The van der Waals surface area contributed by atoms with Gasteiger partial charge in [0.25, 0.3) is 0 Å². The summed E-state index contributed by atoms with van der Waals surface area (Å²) in [6, 6.07) is 10.7. The Kier molecular flexibility index (Phi) is 4.22. The lowest BCUT2D eigenvalue weighted by atomic mass is 10.1. The molecule has 1 aromatic heterocycles. The standard InChI is InChI=1S/C16H22N4O/c1-12-11-14(19-18-12)16(21)17-8-4-9-20-10-7-13-5-2-3-6-15(13)20/h2-3,5-7,10,12,14,18-19H,4,8-9,11H2,1H3,(H,17,21). The number of amides is 1. The Morgan fingerprint density at radius 2 is 2.19 bits per heavy atom. The van der Waals surface area contributed by atoms with E-state index in [1.54, 1.807) is 0 Å². The highest BCUT2D eigenvalue weighted by atomic mass is 16.2. The van der Waals surface area contributed by atoms with Crippen LogP contribution in [0.2, 0.25) is 0 Å². The third-order valence-electron chi connectivity index (χ3n) is 3.96. The smallest absolute Gasteiger partial charge is 0.238 e. The van der Waals surface area contributed by atoms with Gasteiger partial charge >= 0.3 is 0 Å². The van der Waals surface area contributed by atoms with Gasteiger partial charge in [-0.3, -0.25) is 10.2 Å². The molecule has 5 nitrogen and oxygen atoms in total. The molecule has 0 bridgehead atoms. The zero-order valence-electron chi connectivity index (χ0n) is 12.3. The van der Waals surface area contributed by atoms with Crippen LogP contribution < -0.4 is 16.2 Å². The third kappa shape index (κ3) is 3.25. The van der Waals surface area contributed by atoms with Crippen LogP contribution in [0, 0.1) is 0 Å². The minimum Gasteiger partial charge on any atom is -0.355 e. The summed E-state index contributed by atoms with van der Waals surface area (Å²) in [6.07, 6.45) is 3.88. The summed E-state index contributed by atoms with van der Waals surface area (Å²) in [4.78, 5) is 11.9. The van der Waals surface area contributed by atoms with Crippen molar-refractivity contribution in [3.05, 3.63) is 36.5 Å². The zero-order chi connectivity index (χ0) is 14.7. The summed E-state index contributed by atoms with van der Waals surface area (Å²) >= 11 is 0. The first-order valence-electron chi connectivity index (χ1n) is 7.56. The average Bonchev–Trinajstić information content (AvgIpc) is 3.10. The molecule has 0 radical (unpaired) electrons. The first-order chi connectivity index (χ1) is 10.2. The highest BCUT2D eigenvalue weighted by Gasteiger charge is 2.25. The lowest BCUT2D eigenvalue weighted by Crippen LogP contribution is -2.43. The fourth-order valence-electron chi connectivity index (χ4n) is 2.81.